The fourth-order valence-electron chi connectivity index (χ4n) is 2.85. The Morgan fingerprint density at radius 1 is 1.24 bits per heavy atom. The zero-order valence-electron chi connectivity index (χ0n) is 13.5. The van der Waals surface area contributed by atoms with Gasteiger partial charge in [-0.15, -0.1) is 0 Å². The quantitative estimate of drug-likeness (QED) is 0.623. The molecule has 7 heteroatoms. The van der Waals surface area contributed by atoms with Crippen molar-refractivity contribution in [2.24, 2.45) is 0 Å². The summed E-state index contributed by atoms with van der Waals surface area (Å²) in [7, 11) is 0. The maximum Gasteiger partial charge on any atom is 0.416 e. The van der Waals surface area contributed by atoms with Crippen LogP contribution in [0.5, 0.6) is 0 Å². The zero-order chi connectivity index (χ0) is 18.2. The molecule has 4 nitrogen and oxygen atoms in total. The van der Waals surface area contributed by atoms with Crippen molar-refractivity contribution in [3.63, 3.8) is 0 Å². The largest absolute Gasteiger partial charge is 0.619 e. The number of pyridine rings is 1. The van der Waals surface area contributed by atoms with Crippen LogP contribution in [0.25, 0.3) is 0 Å². The SMILES string of the molecule is CC(c1cccc(C(F)(F)F)c1)N(C(=O)c1cc[n+]([O-])cc1)C1CC1. The Hall–Kier alpha value is -2.57. The summed E-state index contributed by atoms with van der Waals surface area (Å²) < 4.78 is 39.4. The van der Waals surface area contributed by atoms with Gasteiger partial charge in [-0.1, -0.05) is 12.1 Å². The Morgan fingerprint density at radius 2 is 1.88 bits per heavy atom. The van der Waals surface area contributed by atoms with E-state index in [-0.39, 0.29) is 11.9 Å². The number of rotatable bonds is 4. The molecular formula is C18H17F3N2O2. The van der Waals surface area contributed by atoms with E-state index in [0.717, 1.165) is 25.0 Å². The summed E-state index contributed by atoms with van der Waals surface area (Å²) >= 11 is 0. The molecule has 1 fully saturated rings. The number of amides is 1. The maximum absolute atomic E-state index is 13.0. The highest BCUT2D eigenvalue weighted by molar-refractivity contribution is 5.94. The number of halogens is 3. The van der Waals surface area contributed by atoms with Gasteiger partial charge in [-0.05, 0) is 37.5 Å². The molecule has 25 heavy (non-hydrogen) atoms. The first-order valence-corrected chi connectivity index (χ1v) is 7.96. The highest BCUT2D eigenvalue weighted by Gasteiger charge is 2.38. The number of hydrogen-bond acceptors (Lipinski definition) is 2. The monoisotopic (exact) mass is 350 g/mol. The van der Waals surface area contributed by atoms with Crippen LogP contribution in [-0.2, 0) is 6.18 Å². The Kier molecular flexibility index (Phi) is 4.41. The molecule has 0 N–H and O–H groups in total. The third-order valence-electron chi connectivity index (χ3n) is 4.34. The van der Waals surface area contributed by atoms with Gasteiger partial charge in [0, 0.05) is 18.2 Å². The predicted octanol–water partition coefficient (Wildman–Crippen LogP) is 3.70. The van der Waals surface area contributed by atoms with Gasteiger partial charge in [0.15, 0.2) is 12.4 Å². The molecular weight excluding hydrogens is 333 g/mol. The van der Waals surface area contributed by atoms with Gasteiger partial charge >= 0.3 is 6.18 Å². The summed E-state index contributed by atoms with van der Waals surface area (Å²) in [6, 6.07) is 7.41. The van der Waals surface area contributed by atoms with E-state index >= 15 is 0 Å². The van der Waals surface area contributed by atoms with Gasteiger partial charge in [-0.3, -0.25) is 4.79 Å². The fourth-order valence-corrected chi connectivity index (χ4v) is 2.85. The third kappa shape index (κ3) is 3.75. The van der Waals surface area contributed by atoms with Crippen LogP contribution in [0.2, 0.25) is 0 Å². The van der Waals surface area contributed by atoms with Gasteiger partial charge in [0.05, 0.1) is 17.2 Å². The van der Waals surface area contributed by atoms with Gasteiger partial charge in [-0.25, -0.2) is 0 Å². The third-order valence-corrected chi connectivity index (χ3v) is 4.34. The zero-order valence-corrected chi connectivity index (χ0v) is 13.5. The van der Waals surface area contributed by atoms with Crippen molar-refractivity contribution in [1.82, 2.24) is 4.90 Å². The second-order valence-electron chi connectivity index (χ2n) is 6.19. The van der Waals surface area contributed by atoms with Gasteiger partial charge in [0.2, 0.25) is 0 Å². The highest BCUT2D eigenvalue weighted by atomic mass is 19.4. The van der Waals surface area contributed by atoms with Gasteiger partial charge in [-0.2, -0.15) is 17.9 Å². The molecule has 132 valence electrons. The molecule has 0 saturated heterocycles. The van der Waals surface area contributed by atoms with E-state index in [2.05, 4.69) is 0 Å². The normalized spacial score (nSPS) is 15.7. The number of aromatic nitrogens is 1. The van der Waals surface area contributed by atoms with E-state index in [1.165, 1.54) is 30.6 Å². The number of benzene rings is 1. The lowest BCUT2D eigenvalue weighted by atomic mass is 10.0. The average Bonchev–Trinajstić information content (AvgIpc) is 3.39. The van der Waals surface area contributed by atoms with Crippen molar-refractivity contribution in [1.29, 1.82) is 0 Å². The standard InChI is InChI=1S/C18H17F3N2O2/c1-12(14-3-2-4-15(11-14)18(19,20)21)23(16-5-6-16)17(24)13-7-9-22(25)10-8-13/h2-4,7-12,16H,5-6H2,1H3. The molecule has 0 bridgehead atoms. The number of nitrogens with zero attached hydrogens (tertiary/aromatic N) is 2. The predicted molar refractivity (Wildman–Crippen MR) is 84.5 cm³/mol. The Labute approximate surface area is 143 Å². The summed E-state index contributed by atoms with van der Waals surface area (Å²) in [4.78, 5) is 14.4. The van der Waals surface area contributed by atoms with Gasteiger partial charge in [0.25, 0.3) is 5.91 Å². The van der Waals surface area contributed by atoms with Crippen LogP contribution in [0.15, 0.2) is 48.8 Å². The summed E-state index contributed by atoms with van der Waals surface area (Å²) in [6.45, 7) is 1.72. The minimum absolute atomic E-state index is 0.0108. The molecule has 3 rings (SSSR count). The molecule has 0 spiro atoms. The van der Waals surface area contributed by atoms with Crippen LogP contribution >= 0.6 is 0 Å². The van der Waals surface area contributed by atoms with Crippen molar-refractivity contribution < 1.29 is 22.7 Å². The van der Waals surface area contributed by atoms with E-state index in [1.807, 2.05) is 0 Å². The lowest BCUT2D eigenvalue weighted by Crippen LogP contribution is -2.36. The number of hydrogen-bond donors (Lipinski definition) is 0. The van der Waals surface area contributed by atoms with Crippen LogP contribution in [0.3, 0.4) is 0 Å². The van der Waals surface area contributed by atoms with E-state index in [0.29, 0.717) is 15.9 Å². The molecule has 1 aliphatic carbocycles. The Balaban J connectivity index is 1.90. The highest BCUT2D eigenvalue weighted by Crippen LogP contribution is 2.37. The first kappa shape index (κ1) is 17.3. The van der Waals surface area contributed by atoms with Gasteiger partial charge < -0.3 is 10.1 Å². The van der Waals surface area contributed by atoms with Crippen molar-refractivity contribution in [2.45, 2.75) is 38.0 Å². The smallest absolute Gasteiger partial charge is 0.416 e. The van der Waals surface area contributed by atoms with E-state index < -0.39 is 17.8 Å². The number of carbonyl (C=O) groups excluding carboxylic acids is 1. The lowest BCUT2D eigenvalue weighted by molar-refractivity contribution is -0.605. The summed E-state index contributed by atoms with van der Waals surface area (Å²) in [5, 5.41) is 11.1. The maximum atomic E-state index is 13.0. The van der Waals surface area contributed by atoms with Crippen molar-refractivity contribution in [2.75, 3.05) is 0 Å². The van der Waals surface area contributed by atoms with Crippen LogP contribution in [0, 0.1) is 5.21 Å². The second kappa shape index (κ2) is 6.38. The second-order valence-corrected chi connectivity index (χ2v) is 6.19. The molecule has 1 heterocycles. The minimum Gasteiger partial charge on any atom is -0.619 e. The molecule has 0 aliphatic heterocycles. The van der Waals surface area contributed by atoms with Crippen LogP contribution in [-0.4, -0.2) is 16.8 Å². The fraction of sp³-hybridized carbons (Fsp3) is 0.333. The van der Waals surface area contributed by atoms with Crippen LogP contribution in [0.1, 0.15) is 47.3 Å². The molecule has 1 saturated carbocycles. The lowest BCUT2D eigenvalue weighted by Gasteiger charge is -2.30. The molecule has 1 unspecified atom stereocenters. The van der Waals surface area contributed by atoms with Crippen molar-refractivity contribution in [3.05, 3.63) is 70.7 Å². The van der Waals surface area contributed by atoms with Crippen molar-refractivity contribution in [3.8, 4) is 0 Å². The summed E-state index contributed by atoms with van der Waals surface area (Å²) in [5.41, 5.74) is 0.0508. The topological polar surface area (TPSA) is 47.2 Å². The molecule has 2 aromatic rings. The summed E-state index contributed by atoms with van der Waals surface area (Å²) in [5.74, 6) is -0.284. The van der Waals surface area contributed by atoms with E-state index in [1.54, 1.807) is 17.9 Å². The number of carbonyl (C=O) groups is 1. The molecule has 1 atom stereocenters. The Morgan fingerprint density at radius 3 is 2.44 bits per heavy atom. The van der Waals surface area contributed by atoms with Crippen LogP contribution in [0.4, 0.5) is 13.2 Å². The van der Waals surface area contributed by atoms with Crippen molar-refractivity contribution >= 4 is 5.91 Å². The molecule has 1 aromatic heterocycles. The van der Waals surface area contributed by atoms with E-state index in [9.17, 15) is 23.2 Å². The number of alkyl halides is 3. The minimum atomic E-state index is -4.43. The average molecular weight is 350 g/mol. The first-order valence-electron chi connectivity index (χ1n) is 7.96. The summed E-state index contributed by atoms with van der Waals surface area (Å²) in [6.07, 6.45) is -0.321. The molecule has 0 radical (unpaired) electrons. The Bertz CT molecular complexity index is 771. The molecule has 1 aliphatic rings. The first-order chi connectivity index (χ1) is 11.8. The molecule has 1 amide bonds. The molecule has 1 aromatic carbocycles. The van der Waals surface area contributed by atoms with Gasteiger partial charge in [0.1, 0.15) is 0 Å². The van der Waals surface area contributed by atoms with Crippen LogP contribution < -0.4 is 4.73 Å². The van der Waals surface area contributed by atoms with E-state index in [4.69, 9.17) is 0 Å².